The summed E-state index contributed by atoms with van der Waals surface area (Å²) in [5.74, 6) is 2.24. The molecular weight excluding hydrogens is 548 g/mol. The molecule has 224 valence electrons. The molecule has 0 spiro atoms. The highest BCUT2D eigenvalue weighted by atomic mass is 16.4. The molecule has 0 aliphatic heterocycles. The van der Waals surface area contributed by atoms with E-state index in [1.54, 1.807) is 0 Å². The number of hydrogen-bond acceptors (Lipinski definition) is 7. The number of rotatable bonds is 3. The van der Waals surface area contributed by atoms with Gasteiger partial charge in [-0.3, -0.25) is 0 Å². The molecule has 8 heteroatoms. The molecule has 0 radical (unpaired) electrons. The van der Waals surface area contributed by atoms with Crippen LogP contribution >= 0.6 is 0 Å². The number of nitrogens with one attached hydrogen (secondary N) is 1. The predicted molar refractivity (Wildman–Crippen MR) is 180 cm³/mol. The van der Waals surface area contributed by atoms with Gasteiger partial charge < -0.3 is 24.5 Å². The van der Waals surface area contributed by atoms with E-state index in [9.17, 15) is 0 Å². The van der Waals surface area contributed by atoms with E-state index in [1.807, 2.05) is 73.7 Å². The van der Waals surface area contributed by atoms with Crippen LogP contribution in [0.4, 0.5) is 11.4 Å². The van der Waals surface area contributed by atoms with Gasteiger partial charge in [0.1, 0.15) is 16.9 Å². The number of fused-ring (bicyclic) bond motifs is 3. The lowest BCUT2D eigenvalue weighted by Gasteiger charge is -2.23. The fourth-order valence-electron chi connectivity index (χ4n) is 5.39. The molecule has 3 heterocycles. The van der Waals surface area contributed by atoms with E-state index in [4.69, 9.17) is 19.6 Å². The Morgan fingerprint density at radius 3 is 1.73 bits per heavy atom. The third kappa shape index (κ3) is 5.88. The van der Waals surface area contributed by atoms with E-state index in [2.05, 4.69) is 79.6 Å². The summed E-state index contributed by atoms with van der Waals surface area (Å²) in [6.45, 7) is 14.9. The highest BCUT2D eigenvalue weighted by Gasteiger charge is 2.20. The molecule has 8 nitrogen and oxygen atoms in total. The second-order valence-corrected chi connectivity index (χ2v) is 13.0. The maximum absolute atomic E-state index is 6.13. The lowest BCUT2D eigenvalue weighted by Crippen LogP contribution is -2.26. The number of imidazole rings is 1. The largest absolute Gasteiger partial charge is 0.436 e. The lowest BCUT2D eigenvalue weighted by molar-refractivity contribution is 0.400. The van der Waals surface area contributed by atoms with E-state index >= 15 is 0 Å². The molecule has 0 saturated heterocycles. The Hall–Kier alpha value is -5.11. The number of benzene rings is 4. The van der Waals surface area contributed by atoms with Gasteiger partial charge in [-0.2, -0.15) is 0 Å². The normalized spacial score (nSPS) is 12.1. The summed E-state index contributed by atoms with van der Waals surface area (Å²) in [6, 6.07) is 27.5. The van der Waals surface area contributed by atoms with E-state index in [-0.39, 0.29) is 11.1 Å². The number of anilines is 2. The van der Waals surface area contributed by atoms with Gasteiger partial charge in [-0.25, -0.2) is 15.0 Å². The standard InChI is InChI=1S/C19H19N3O.C17H19N3O/c1-12-20-15-11-13(9-10-16(15)22(12)19(2,3)4)18-21-14-7-5-6-8-17(14)23-18;1-17(2,3)20-13-9-8-11(10-12(13)18)16-19-14-6-4-5-7-15(14)21-16/h5-11H,1-4H3;4-10,20H,18H2,1-3H3. The maximum Gasteiger partial charge on any atom is 0.227 e. The van der Waals surface area contributed by atoms with Crippen LogP contribution in [0, 0.1) is 6.92 Å². The van der Waals surface area contributed by atoms with Crippen LogP contribution < -0.4 is 11.1 Å². The van der Waals surface area contributed by atoms with E-state index in [0.717, 1.165) is 55.9 Å². The molecule has 0 fully saturated rings. The van der Waals surface area contributed by atoms with Gasteiger partial charge in [-0.15, -0.1) is 0 Å². The minimum Gasteiger partial charge on any atom is -0.436 e. The van der Waals surface area contributed by atoms with Crippen LogP contribution in [-0.2, 0) is 5.54 Å². The number of aromatic nitrogens is 4. The van der Waals surface area contributed by atoms with Gasteiger partial charge in [0.15, 0.2) is 11.2 Å². The monoisotopic (exact) mass is 586 g/mol. The van der Waals surface area contributed by atoms with Crippen LogP contribution in [0.1, 0.15) is 47.4 Å². The lowest BCUT2D eigenvalue weighted by atomic mass is 10.1. The summed E-state index contributed by atoms with van der Waals surface area (Å²) in [4.78, 5) is 13.8. The van der Waals surface area contributed by atoms with Crippen LogP contribution in [0.25, 0.3) is 56.1 Å². The van der Waals surface area contributed by atoms with Crippen LogP contribution in [0.5, 0.6) is 0 Å². The van der Waals surface area contributed by atoms with Crippen molar-refractivity contribution in [2.75, 3.05) is 11.1 Å². The third-order valence-corrected chi connectivity index (χ3v) is 7.14. The smallest absolute Gasteiger partial charge is 0.227 e. The molecule has 0 bridgehead atoms. The number of nitrogens with two attached hydrogens (primary N) is 1. The summed E-state index contributed by atoms with van der Waals surface area (Å²) in [7, 11) is 0. The minimum atomic E-state index is -0.0345. The predicted octanol–water partition coefficient (Wildman–Crippen LogP) is 9.20. The molecule has 4 aromatic carbocycles. The molecule has 0 saturated carbocycles. The summed E-state index contributed by atoms with van der Waals surface area (Å²) in [5, 5.41) is 3.38. The Bertz CT molecular complexity index is 2040. The number of hydrogen-bond donors (Lipinski definition) is 2. The zero-order chi connectivity index (χ0) is 31.2. The summed E-state index contributed by atoms with van der Waals surface area (Å²) >= 11 is 0. The first kappa shape index (κ1) is 29.0. The topological polar surface area (TPSA) is 108 Å². The minimum absolute atomic E-state index is 0.00202. The second kappa shape index (κ2) is 10.9. The first-order chi connectivity index (χ1) is 20.9. The van der Waals surface area contributed by atoms with Crippen molar-refractivity contribution in [2.24, 2.45) is 0 Å². The molecule has 0 aliphatic carbocycles. The molecule has 0 atom stereocenters. The van der Waals surface area contributed by atoms with Crippen LogP contribution in [0.2, 0.25) is 0 Å². The Labute approximate surface area is 256 Å². The van der Waals surface area contributed by atoms with Crippen LogP contribution in [0.15, 0.2) is 93.8 Å². The van der Waals surface area contributed by atoms with E-state index in [1.165, 1.54) is 0 Å². The third-order valence-electron chi connectivity index (χ3n) is 7.14. The van der Waals surface area contributed by atoms with Gasteiger partial charge in [0.05, 0.1) is 22.4 Å². The van der Waals surface area contributed by atoms with Crippen molar-refractivity contribution < 1.29 is 8.83 Å². The Morgan fingerprint density at radius 1 is 0.659 bits per heavy atom. The molecule has 7 aromatic rings. The second-order valence-electron chi connectivity index (χ2n) is 13.0. The SMILES string of the molecule is CC(C)(C)Nc1ccc(-c2nc3ccccc3o2)cc1N.Cc1nc2cc(-c3nc4ccccc4o3)ccc2n1C(C)(C)C. The van der Waals surface area contributed by atoms with Crippen molar-refractivity contribution >= 4 is 44.6 Å². The van der Waals surface area contributed by atoms with Gasteiger partial charge in [-0.1, -0.05) is 24.3 Å². The molecule has 44 heavy (non-hydrogen) atoms. The molecule has 0 unspecified atom stereocenters. The summed E-state index contributed by atoms with van der Waals surface area (Å²) in [6.07, 6.45) is 0. The van der Waals surface area contributed by atoms with Crippen molar-refractivity contribution in [3.8, 4) is 22.9 Å². The molecule has 7 rings (SSSR count). The van der Waals surface area contributed by atoms with Gasteiger partial charge in [0, 0.05) is 22.2 Å². The van der Waals surface area contributed by atoms with Gasteiger partial charge in [0.2, 0.25) is 11.8 Å². The molecule has 0 amide bonds. The quantitative estimate of drug-likeness (QED) is 0.199. The van der Waals surface area contributed by atoms with Crippen molar-refractivity contribution in [1.82, 2.24) is 19.5 Å². The first-order valence-electron chi connectivity index (χ1n) is 14.7. The average molecular weight is 587 g/mol. The van der Waals surface area contributed by atoms with Gasteiger partial charge in [0.25, 0.3) is 0 Å². The highest BCUT2D eigenvalue weighted by Crippen LogP contribution is 2.31. The Kier molecular flexibility index (Phi) is 7.16. The number of nitrogens with zero attached hydrogens (tertiary/aromatic N) is 4. The molecule has 3 aromatic heterocycles. The summed E-state index contributed by atoms with van der Waals surface area (Å²) < 4.78 is 13.9. The van der Waals surface area contributed by atoms with Crippen molar-refractivity contribution in [3.05, 3.63) is 90.8 Å². The zero-order valence-electron chi connectivity index (χ0n) is 26.3. The number of aryl methyl sites for hydroxylation is 1. The van der Waals surface area contributed by atoms with Crippen molar-refractivity contribution in [2.45, 2.75) is 59.5 Å². The number of para-hydroxylation sites is 4. The summed E-state index contributed by atoms with van der Waals surface area (Å²) in [5.41, 5.74) is 14.9. The maximum atomic E-state index is 6.13. The number of oxazole rings is 2. The van der Waals surface area contributed by atoms with E-state index < -0.39 is 0 Å². The molecule has 0 aliphatic rings. The Morgan fingerprint density at radius 2 is 1.20 bits per heavy atom. The molecule has 3 N–H and O–H groups in total. The number of nitrogen functional groups attached to an aromatic ring is 1. The van der Waals surface area contributed by atoms with Gasteiger partial charge in [-0.05, 0) is 109 Å². The Balaban J connectivity index is 0.000000157. The zero-order valence-corrected chi connectivity index (χ0v) is 26.3. The van der Waals surface area contributed by atoms with Crippen molar-refractivity contribution in [1.29, 1.82) is 0 Å². The van der Waals surface area contributed by atoms with Crippen LogP contribution in [0.3, 0.4) is 0 Å². The molecular formula is C36H38N6O2. The average Bonchev–Trinajstić information content (AvgIpc) is 3.67. The first-order valence-corrected chi connectivity index (χ1v) is 14.7. The fourth-order valence-corrected chi connectivity index (χ4v) is 5.39. The van der Waals surface area contributed by atoms with E-state index in [0.29, 0.717) is 17.5 Å². The fraction of sp³-hybridized carbons (Fsp3) is 0.250. The highest BCUT2D eigenvalue weighted by molar-refractivity contribution is 5.83. The van der Waals surface area contributed by atoms with Crippen LogP contribution in [-0.4, -0.2) is 25.1 Å². The van der Waals surface area contributed by atoms with Gasteiger partial charge >= 0.3 is 0 Å². The van der Waals surface area contributed by atoms with Crippen molar-refractivity contribution in [3.63, 3.8) is 0 Å².